The highest BCUT2D eigenvalue weighted by Crippen LogP contribution is 2.33. The van der Waals surface area contributed by atoms with Gasteiger partial charge < -0.3 is 18.9 Å². The first kappa shape index (κ1) is 24.6. The molecule has 2 aromatic carbocycles. The summed E-state index contributed by atoms with van der Waals surface area (Å²) in [5.74, 6) is 0.0861. The van der Waals surface area contributed by atoms with Gasteiger partial charge in [0.2, 0.25) is 0 Å². The van der Waals surface area contributed by atoms with Gasteiger partial charge in [-0.15, -0.1) is 0 Å². The SMILES string of the molecule is COCCOc1cc2[nH]nc(-c3cc(-c4ccc(C(=O)N5CC(N6CCCCC6)C5)cc4)no3)c2cc1F. The molecule has 2 aromatic heterocycles. The Labute approximate surface area is 219 Å². The number of nitrogens with one attached hydrogen (secondary N) is 1. The highest BCUT2D eigenvalue weighted by atomic mass is 19.1. The molecule has 2 aliphatic heterocycles. The van der Waals surface area contributed by atoms with Gasteiger partial charge in [0, 0.05) is 54.9 Å². The summed E-state index contributed by atoms with van der Waals surface area (Å²) in [6, 6.07) is 12.6. The minimum atomic E-state index is -0.499. The molecule has 2 fully saturated rings. The molecule has 4 heterocycles. The normalized spacial score (nSPS) is 16.6. The maximum atomic E-state index is 14.6. The van der Waals surface area contributed by atoms with Gasteiger partial charge in [0.15, 0.2) is 17.3 Å². The first-order valence-corrected chi connectivity index (χ1v) is 13.0. The quantitative estimate of drug-likeness (QED) is 0.346. The average molecular weight is 520 g/mol. The van der Waals surface area contributed by atoms with Crippen molar-refractivity contribution in [2.24, 2.45) is 0 Å². The van der Waals surface area contributed by atoms with Crippen LogP contribution < -0.4 is 4.74 Å². The first-order chi connectivity index (χ1) is 18.6. The van der Waals surface area contributed by atoms with Crippen molar-refractivity contribution < 1.29 is 23.2 Å². The van der Waals surface area contributed by atoms with E-state index in [1.807, 2.05) is 29.2 Å². The van der Waals surface area contributed by atoms with Gasteiger partial charge in [-0.2, -0.15) is 5.10 Å². The van der Waals surface area contributed by atoms with E-state index in [2.05, 4.69) is 20.3 Å². The Hall–Kier alpha value is -3.76. The van der Waals surface area contributed by atoms with Gasteiger partial charge in [-0.3, -0.25) is 14.8 Å². The van der Waals surface area contributed by atoms with Gasteiger partial charge in [0.1, 0.15) is 18.0 Å². The molecule has 2 aliphatic rings. The third kappa shape index (κ3) is 4.77. The summed E-state index contributed by atoms with van der Waals surface area (Å²) in [6.07, 6.45) is 3.83. The number of halogens is 1. The van der Waals surface area contributed by atoms with E-state index in [-0.39, 0.29) is 18.3 Å². The van der Waals surface area contributed by atoms with Gasteiger partial charge in [0.05, 0.1) is 12.1 Å². The van der Waals surface area contributed by atoms with Crippen LogP contribution in [0, 0.1) is 5.82 Å². The summed E-state index contributed by atoms with van der Waals surface area (Å²) in [5, 5.41) is 11.9. The number of hydrogen-bond acceptors (Lipinski definition) is 7. The van der Waals surface area contributed by atoms with Crippen molar-refractivity contribution in [2.75, 3.05) is 46.5 Å². The smallest absolute Gasteiger partial charge is 0.253 e. The fourth-order valence-corrected chi connectivity index (χ4v) is 5.18. The number of aromatic nitrogens is 3. The second-order valence-electron chi connectivity index (χ2n) is 9.86. The van der Waals surface area contributed by atoms with Crippen LogP contribution in [-0.2, 0) is 4.74 Å². The molecule has 9 nitrogen and oxygen atoms in total. The molecular formula is C28H30FN5O4. The Morgan fingerprint density at radius 2 is 1.89 bits per heavy atom. The van der Waals surface area contributed by atoms with Crippen LogP contribution in [0.4, 0.5) is 4.39 Å². The molecule has 10 heteroatoms. The van der Waals surface area contributed by atoms with Gasteiger partial charge in [-0.25, -0.2) is 4.39 Å². The van der Waals surface area contributed by atoms with Crippen molar-refractivity contribution in [3.8, 4) is 28.5 Å². The number of rotatable bonds is 8. The summed E-state index contributed by atoms with van der Waals surface area (Å²) in [7, 11) is 1.56. The third-order valence-corrected chi connectivity index (χ3v) is 7.39. The highest BCUT2D eigenvalue weighted by molar-refractivity contribution is 5.95. The van der Waals surface area contributed by atoms with Crippen molar-refractivity contribution in [3.63, 3.8) is 0 Å². The van der Waals surface area contributed by atoms with Crippen LogP contribution in [0.1, 0.15) is 29.6 Å². The van der Waals surface area contributed by atoms with Crippen LogP contribution in [0.2, 0.25) is 0 Å². The van der Waals surface area contributed by atoms with E-state index >= 15 is 0 Å². The van der Waals surface area contributed by atoms with Gasteiger partial charge in [0.25, 0.3) is 5.91 Å². The van der Waals surface area contributed by atoms with Crippen molar-refractivity contribution >= 4 is 16.8 Å². The van der Waals surface area contributed by atoms with Gasteiger partial charge in [-0.05, 0) is 44.1 Å². The van der Waals surface area contributed by atoms with E-state index in [4.69, 9.17) is 14.0 Å². The molecule has 4 aromatic rings. The number of likely N-dealkylation sites (tertiary alicyclic amines) is 2. The summed E-state index contributed by atoms with van der Waals surface area (Å²) in [6.45, 7) is 4.49. The molecule has 0 spiro atoms. The second kappa shape index (κ2) is 10.5. The second-order valence-corrected chi connectivity index (χ2v) is 9.86. The largest absolute Gasteiger partial charge is 0.488 e. The average Bonchev–Trinajstić information content (AvgIpc) is 3.56. The summed E-state index contributed by atoms with van der Waals surface area (Å²) >= 11 is 0. The number of benzene rings is 2. The van der Waals surface area contributed by atoms with Crippen molar-refractivity contribution in [2.45, 2.75) is 25.3 Å². The number of H-pyrrole nitrogens is 1. The van der Waals surface area contributed by atoms with Crippen LogP contribution in [-0.4, -0.2) is 83.6 Å². The lowest BCUT2D eigenvalue weighted by atomic mass is 10.0. The molecule has 0 atom stereocenters. The van der Waals surface area contributed by atoms with E-state index < -0.39 is 5.82 Å². The van der Waals surface area contributed by atoms with Crippen LogP contribution in [0.5, 0.6) is 5.75 Å². The summed E-state index contributed by atoms with van der Waals surface area (Å²) < 4.78 is 30.5. The number of nitrogens with zero attached hydrogens (tertiary/aromatic N) is 4. The molecule has 0 unspecified atom stereocenters. The number of fused-ring (bicyclic) bond motifs is 1. The highest BCUT2D eigenvalue weighted by Gasteiger charge is 2.35. The lowest BCUT2D eigenvalue weighted by Gasteiger charge is -2.46. The summed E-state index contributed by atoms with van der Waals surface area (Å²) in [5.41, 5.74) is 3.14. The number of hydrogen-bond donors (Lipinski definition) is 1. The number of methoxy groups -OCH3 is 1. The monoisotopic (exact) mass is 519 g/mol. The fourth-order valence-electron chi connectivity index (χ4n) is 5.18. The Morgan fingerprint density at radius 1 is 1.11 bits per heavy atom. The van der Waals surface area contributed by atoms with E-state index in [0.29, 0.717) is 46.3 Å². The predicted molar refractivity (Wildman–Crippen MR) is 139 cm³/mol. The number of carbonyl (C=O) groups excluding carboxylic acids is 1. The Bertz CT molecular complexity index is 1420. The molecule has 0 bridgehead atoms. The van der Waals surface area contributed by atoms with Gasteiger partial charge >= 0.3 is 0 Å². The summed E-state index contributed by atoms with van der Waals surface area (Å²) in [4.78, 5) is 17.4. The number of piperidine rings is 1. The van der Waals surface area contributed by atoms with E-state index in [1.54, 1.807) is 19.2 Å². The van der Waals surface area contributed by atoms with Gasteiger partial charge in [-0.1, -0.05) is 23.7 Å². The van der Waals surface area contributed by atoms with Crippen molar-refractivity contribution in [1.29, 1.82) is 0 Å². The maximum Gasteiger partial charge on any atom is 0.253 e. The zero-order valence-corrected chi connectivity index (χ0v) is 21.3. The maximum absolute atomic E-state index is 14.6. The molecule has 0 saturated carbocycles. The fraction of sp³-hybridized carbons (Fsp3) is 0.393. The Balaban J connectivity index is 1.13. The Morgan fingerprint density at radius 3 is 2.66 bits per heavy atom. The lowest BCUT2D eigenvalue weighted by molar-refractivity contribution is 0.0203. The topological polar surface area (TPSA) is 96.7 Å². The number of amides is 1. The molecule has 198 valence electrons. The molecular weight excluding hydrogens is 489 g/mol. The van der Waals surface area contributed by atoms with Crippen LogP contribution in [0.15, 0.2) is 47.0 Å². The number of aromatic amines is 1. The zero-order chi connectivity index (χ0) is 26.1. The van der Waals surface area contributed by atoms with Crippen LogP contribution >= 0.6 is 0 Å². The van der Waals surface area contributed by atoms with Crippen molar-refractivity contribution in [3.05, 3.63) is 53.8 Å². The van der Waals surface area contributed by atoms with E-state index in [9.17, 15) is 9.18 Å². The minimum Gasteiger partial charge on any atom is -0.488 e. The van der Waals surface area contributed by atoms with Crippen molar-refractivity contribution in [1.82, 2.24) is 25.2 Å². The van der Waals surface area contributed by atoms with E-state index in [1.165, 1.54) is 25.3 Å². The standard InChI is InChI=1S/C28H30FN5O4/c1-36-11-12-37-25-15-24-21(13-22(25)29)27(31-30-24)26-14-23(32-38-26)18-5-7-19(8-6-18)28(35)34-16-20(17-34)33-9-3-2-4-10-33/h5-8,13-15,20H,2-4,9-12,16-17H2,1H3,(H,30,31). The molecule has 0 aliphatic carbocycles. The first-order valence-electron chi connectivity index (χ1n) is 13.0. The molecule has 2 saturated heterocycles. The number of carbonyl (C=O) groups is 1. The van der Waals surface area contributed by atoms with Crippen LogP contribution in [0.3, 0.4) is 0 Å². The molecule has 1 N–H and O–H groups in total. The molecule has 0 radical (unpaired) electrons. The lowest BCUT2D eigenvalue weighted by Crippen LogP contribution is -2.61. The molecule has 1 amide bonds. The van der Waals surface area contributed by atoms with Crippen LogP contribution in [0.25, 0.3) is 33.6 Å². The third-order valence-electron chi connectivity index (χ3n) is 7.39. The molecule has 6 rings (SSSR count). The Kier molecular flexibility index (Phi) is 6.82. The predicted octanol–water partition coefficient (Wildman–Crippen LogP) is 4.36. The molecule has 38 heavy (non-hydrogen) atoms. The van der Waals surface area contributed by atoms with E-state index in [0.717, 1.165) is 31.7 Å². The number of ether oxygens (including phenoxy) is 2. The zero-order valence-electron chi connectivity index (χ0n) is 21.3. The minimum absolute atomic E-state index is 0.0567.